The molecule has 1 aliphatic rings. The number of fused-ring (bicyclic) bond motifs is 1. The molecule has 0 spiro atoms. The Morgan fingerprint density at radius 2 is 1.71 bits per heavy atom. The van der Waals surface area contributed by atoms with Gasteiger partial charge in [0.05, 0.1) is 20.8 Å². The first-order valence-corrected chi connectivity index (χ1v) is 9.67. The molecule has 5 nitrogen and oxygen atoms in total. The lowest BCUT2D eigenvalue weighted by Gasteiger charge is -2.29. The van der Waals surface area contributed by atoms with Crippen molar-refractivity contribution < 1.29 is 14.3 Å². The fourth-order valence-corrected chi connectivity index (χ4v) is 3.72. The van der Waals surface area contributed by atoms with Crippen LogP contribution in [0.1, 0.15) is 37.5 Å². The molecule has 0 radical (unpaired) electrons. The number of amides is 1. The van der Waals surface area contributed by atoms with Crippen LogP contribution in [0, 0.1) is 0 Å². The van der Waals surface area contributed by atoms with Crippen molar-refractivity contribution in [3.05, 3.63) is 53.1 Å². The van der Waals surface area contributed by atoms with Gasteiger partial charge in [-0.2, -0.15) is 0 Å². The van der Waals surface area contributed by atoms with E-state index in [1.165, 1.54) is 11.1 Å². The van der Waals surface area contributed by atoms with Crippen LogP contribution in [0.4, 0.5) is 5.69 Å². The number of methoxy groups -OCH3 is 2. The van der Waals surface area contributed by atoms with Crippen molar-refractivity contribution in [1.82, 2.24) is 4.90 Å². The largest absolute Gasteiger partial charge is 0.493 e. The second kappa shape index (κ2) is 8.23. The lowest BCUT2D eigenvalue weighted by molar-refractivity contribution is -0.117. The predicted molar refractivity (Wildman–Crippen MR) is 112 cm³/mol. The monoisotopic (exact) mass is 382 g/mol. The molecule has 0 aromatic heterocycles. The molecule has 5 heteroatoms. The van der Waals surface area contributed by atoms with Crippen LogP contribution in [0.15, 0.2) is 36.4 Å². The number of carbonyl (C=O) groups excluding carboxylic acids is 1. The van der Waals surface area contributed by atoms with E-state index in [-0.39, 0.29) is 11.3 Å². The van der Waals surface area contributed by atoms with Gasteiger partial charge in [0.2, 0.25) is 5.91 Å². The third kappa shape index (κ3) is 4.47. The number of nitrogens with one attached hydrogen (secondary N) is 1. The first-order valence-electron chi connectivity index (χ1n) is 9.67. The van der Waals surface area contributed by atoms with E-state index in [2.05, 4.69) is 37.1 Å². The highest BCUT2D eigenvalue weighted by Gasteiger charge is 2.22. The van der Waals surface area contributed by atoms with Crippen LogP contribution in [0.2, 0.25) is 0 Å². The van der Waals surface area contributed by atoms with Crippen molar-refractivity contribution in [3.8, 4) is 11.5 Å². The van der Waals surface area contributed by atoms with E-state index in [1.54, 1.807) is 14.2 Å². The maximum Gasteiger partial charge on any atom is 0.238 e. The van der Waals surface area contributed by atoms with Crippen LogP contribution >= 0.6 is 0 Å². The van der Waals surface area contributed by atoms with Gasteiger partial charge in [0.1, 0.15) is 0 Å². The highest BCUT2D eigenvalue weighted by atomic mass is 16.5. The molecule has 0 atom stereocenters. The Balaban J connectivity index is 1.69. The van der Waals surface area contributed by atoms with Gasteiger partial charge in [0, 0.05) is 18.8 Å². The van der Waals surface area contributed by atoms with Crippen molar-refractivity contribution >= 4 is 11.6 Å². The summed E-state index contributed by atoms with van der Waals surface area (Å²) in [7, 11) is 3.30. The van der Waals surface area contributed by atoms with Crippen molar-refractivity contribution in [2.45, 2.75) is 39.2 Å². The van der Waals surface area contributed by atoms with Crippen LogP contribution in [0.25, 0.3) is 0 Å². The van der Waals surface area contributed by atoms with Crippen LogP contribution < -0.4 is 14.8 Å². The summed E-state index contributed by atoms with van der Waals surface area (Å²) in [5.74, 6) is 1.50. The summed E-state index contributed by atoms with van der Waals surface area (Å²) in [5.41, 5.74) is 4.45. The van der Waals surface area contributed by atoms with Gasteiger partial charge in [0.15, 0.2) is 11.5 Å². The van der Waals surface area contributed by atoms with Crippen LogP contribution in [-0.4, -0.2) is 38.1 Å². The molecule has 28 heavy (non-hydrogen) atoms. The van der Waals surface area contributed by atoms with Gasteiger partial charge in [-0.3, -0.25) is 9.69 Å². The number of benzene rings is 2. The Morgan fingerprint density at radius 3 is 2.36 bits per heavy atom. The number of ether oxygens (including phenoxy) is 2. The number of nitrogens with zero attached hydrogens (tertiary/aromatic N) is 1. The summed E-state index contributed by atoms with van der Waals surface area (Å²) in [6.07, 6.45) is 0.890. The average Bonchev–Trinajstić information content (AvgIpc) is 2.66. The summed E-state index contributed by atoms with van der Waals surface area (Å²) in [4.78, 5) is 14.9. The molecule has 0 aliphatic carbocycles. The minimum atomic E-state index is -0.0243. The number of carbonyl (C=O) groups is 1. The van der Waals surface area contributed by atoms with Crippen molar-refractivity contribution in [3.63, 3.8) is 0 Å². The number of rotatable bonds is 5. The van der Waals surface area contributed by atoms with Gasteiger partial charge < -0.3 is 14.8 Å². The maximum atomic E-state index is 12.7. The molecule has 1 aliphatic heterocycles. The Hall–Kier alpha value is -2.53. The Bertz CT molecular complexity index is 855. The van der Waals surface area contributed by atoms with E-state index in [9.17, 15) is 4.79 Å². The summed E-state index contributed by atoms with van der Waals surface area (Å²) < 4.78 is 10.8. The van der Waals surface area contributed by atoms with Gasteiger partial charge in [-0.15, -0.1) is 0 Å². The van der Waals surface area contributed by atoms with Gasteiger partial charge in [-0.05, 0) is 46.7 Å². The van der Waals surface area contributed by atoms with Gasteiger partial charge in [-0.25, -0.2) is 0 Å². The summed E-state index contributed by atoms with van der Waals surface area (Å²) in [6, 6.07) is 12.1. The molecule has 2 aromatic carbocycles. The fraction of sp³-hybridized carbons (Fsp3) is 0.435. The maximum absolute atomic E-state index is 12.7. The topological polar surface area (TPSA) is 50.8 Å². The number of para-hydroxylation sites is 1. The SMILES string of the molecule is COc1cc2c(cc1OC)CN(CC(=O)Nc1ccccc1C(C)(C)C)CC2. The number of hydrogen-bond donors (Lipinski definition) is 1. The smallest absolute Gasteiger partial charge is 0.238 e. The van der Waals surface area contributed by atoms with E-state index in [0.29, 0.717) is 6.54 Å². The standard InChI is InChI=1S/C23H30N2O3/c1-23(2,3)18-8-6-7-9-19(18)24-22(26)15-25-11-10-16-12-20(27-4)21(28-5)13-17(16)14-25/h6-9,12-13H,10-11,14-15H2,1-5H3,(H,24,26). The zero-order valence-corrected chi connectivity index (χ0v) is 17.5. The van der Waals surface area contributed by atoms with Crippen molar-refractivity contribution in [2.75, 3.05) is 32.6 Å². The minimum Gasteiger partial charge on any atom is -0.493 e. The molecule has 0 saturated heterocycles. The van der Waals surface area contributed by atoms with E-state index < -0.39 is 0 Å². The van der Waals surface area contributed by atoms with E-state index in [4.69, 9.17) is 9.47 Å². The number of hydrogen-bond acceptors (Lipinski definition) is 4. The highest BCUT2D eigenvalue weighted by molar-refractivity contribution is 5.93. The van der Waals surface area contributed by atoms with Gasteiger partial charge >= 0.3 is 0 Å². The van der Waals surface area contributed by atoms with E-state index in [1.807, 2.05) is 30.3 Å². The molecular formula is C23H30N2O3. The summed E-state index contributed by atoms with van der Waals surface area (Å²) in [6.45, 7) is 8.40. The van der Waals surface area contributed by atoms with Crippen molar-refractivity contribution in [2.24, 2.45) is 0 Å². The molecule has 0 fully saturated rings. The van der Waals surface area contributed by atoms with Crippen molar-refractivity contribution in [1.29, 1.82) is 0 Å². The lowest BCUT2D eigenvalue weighted by Crippen LogP contribution is -2.37. The average molecular weight is 383 g/mol. The highest BCUT2D eigenvalue weighted by Crippen LogP contribution is 2.33. The molecule has 1 heterocycles. The molecule has 3 rings (SSSR count). The molecule has 2 aromatic rings. The molecular weight excluding hydrogens is 352 g/mol. The first-order chi connectivity index (χ1) is 13.3. The molecule has 0 saturated carbocycles. The summed E-state index contributed by atoms with van der Waals surface area (Å²) in [5, 5.41) is 3.10. The molecule has 1 N–H and O–H groups in total. The van der Waals surface area contributed by atoms with Crippen LogP contribution in [-0.2, 0) is 23.2 Å². The molecule has 1 amide bonds. The Kier molecular flexibility index (Phi) is 5.94. The normalized spacial score (nSPS) is 14.3. The zero-order chi connectivity index (χ0) is 20.3. The third-order valence-electron chi connectivity index (χ3n) is 5.17. The Morgan fingerprint density at radius 1 is 1.07 bits per heavy atom. The second-order valence-corrected chi connectivity index (χ2v) is 8.28. The second-order valence-electron chi connectivity index (χ2n) is 8.28. The lowest BCUT2D eigenvalue weighted by atomic mass is 9.86. The predicted octanol–water partition coefficient (Wildman–Crippen LogP) is 4.00. The van der Waals surface area contributed by atoms with Crippen LogP contribution in [0.5, 0.6) is 11.5 Å². The minimum absolute atomic E-state index is 0.0145. The Labute approximate surface area is 167 Å². The van der Waals surface area contributed by atoms with Crippen LogP contribution in [0.3, 0.4) is 0 Å². The third-order valence-corrected chi connectivity index (χ3v) is 5.17. The van der Waals surface area contributed by atoms with E-state index in [0.717, 1.165) is 42.3 Å². The van der Waals surface area contributed by atoms with Gasteiger partial charge in [0.25, 0.3) is 0 Å². The summed E-state index contributed by atoms with van der Waals surface area (Å²) >= 11 is 0. The number of anilines is 1. The first kappa shape index (κ1) is 20.2. The fourth-order valence-electron chi connectivity index (χ4n) is 3.72. The zero-order valence-electron chi connectivity index (χ0n) is 17.5. The molecule has 0 bridgehead atoms. The molecule has 150 valence electrons. The van der Waals surface area contributed by atoms with Gasteiger partial charge in [-0.1, -0.05) is 39.0 Å². The molecule has 0 unspecified atom stereocenters. The quantitative estimate of drug-likeness (QED) is 0.849. The van der Waals surface area contributed by atoms with E-state index >= 15 is 0 Å².